The van der Waals surface area contributed by atoms with Gasteiger partial charge in [-0.1, -0.05) is 6.92 Å². The molecule has 0 aromatic rings. The first kappa shape index (κ1) is 13.9. The fraction of sp³-hybridized carbons (Fsp3) is 1.00. The Morgan fingerprint density at radius 3 is 2.14 bits per heavy atom. The van der Waals surface area contributed by atoms with Crippen molar-refractivity contribution in [3.05, 3.63) is 0 Å². The lowest BCUT2D eigenvalue weighted by Crippen LogP contribution is -2.45. The molecule has 0 saturated heterocycles. The molecular formula is C11H27N3. The Hall–Kier alpha value is -0.120. The second kappa shape index (κ2) is 5.69. The van der Waals surface area contributed by atoms with Gasteiger partial charge in [-0.25, -0.2) is 0 Å². The lowest BCUT2D eigenvalue weighted by atomic mass is 9.94. The van der Waals surface area contributed by atoms with Crippen LogP contribution < -0.4 is 16.8 Å². The van der Waals surface area contributed by atoms with E-state index in [4.69, 9.17) is 11.5 Å². The quantitative estimate of drug-likeness (QED) is 0.580. The van der Waals surface area contributed by atoms with E-state index in [9.17, 15) is 0 Å². The average molecular weight is 201 g/mol. The van der Waals surface area contributed by atoms with Gasteiger partial charge in [0.15, 0.2) is 0 Å². The highest BCUT2D eigenvalue weighted by Crippen LogP contribution is 2.11. The fourth-order valence-electron chi connectivity index (χ4n) is 1.31. The van der Waals surface area contributed by atoms with E-state index in [1.165, 1.54) is 0 Å². The van der Waals surface area contributed by atoms with E-state index in [2.05, 4.69) is 33.0 Å². The Labute approximate surface area is 88.6 Å². The van der Waals surface area contributed by atoms with Gasteiger partial charge in [-0.3, -0.25) is 0 Å². The first-order valence-corrected chi connectivity index (χ1v) is 5.57. The van der Waals surface area contributed by atoms with Crippen molar-refractivity contribution in [2.75, 3.05) is 13.1 Å². The van der Waals surface area contributed by atoms with Crippen LogP contribution in [0.3, 0.4) is 0 Å². The van der Waals surface area contributed by atoms with Gasteiger partial charge in [0.1, 0.15) is 0 Å². The lowest BCUT2D eigenvalue weighted by molar-refractivity contribution is 0.329. The molecule has 0 aromatic carbocycles. The molecule has 0 heterocycles. The summed E-state index contributed by atoms with van der Waals surface area (Å²) in [6.45, 7) is 10.3. The van der Waals surface area contributed by atoms with E-state index >= 15 is 0 Å². The van der Waals surface area contributed by atoms with E-state index in [1.807, 2.05) is 0 Å². The molecule has 86 valence electrons. The van der Waals surface area contributed by atoms with Gasteiger partial charge >= 0.3 is 0 Å². The van der Waals surface area contributed by atoms with Gasteiger partial charge in [-0.2, -0.15) is 0 Å². The molecule has 0 amide bonds. The summed E-state index contributed by atoms with van der Waals surface area (Å²) in [5.74, 6) is 0. The van der Waals surface area contributed by atoms with Crippen molar-refractivity contribution in [1.82, 2.24) is 5.32 Å². The highest BCUT2D eigenvalue weighted by molar-refractivity contribution is 4.82. The highest BCUT2D eigenvalue weighted by atomic mass is 15.0. The van der Waals surface area contributed by atoms with Crippen LogP contribution in [0, 0.1) is 0 Å². The van der Waals surface area contributed by atoms with E-state index in [1.54, 1.807) is 0 Å². The summed E-state index contributed by atoms with van der Waals surface area (Å²) in [5.41, 5.74) is 11.7. The minimum absolute atomic E-state index is 0.0359. The van der Waals surface area contributed by atoms with Crippen LogP contribution in [0.4, 0.5) is 0 Å². The second-order valence-electron chi connectivity index (χ2n) is 5.11. The standard InChI is InChI=1S/C11H27N3/c1-5-11(4,13)7-9-14-10(2,3)6-8-12/h14H,5-9,12-13H2,1-4H3. The Morgan fingerprint density at radius 1 is 1.14 bits per heavy atom. The molecule has 1 atom stereocenters. The minimum atomic E-state index is -0.0359. The highest BCUT2D eigenvalue weighted by Gasteiger charge is 2.19. The third-order valence-electron chi connectivity index (χ3n) is 2.88. The predicted octanol–water partition coefficient (Wildman–Crippen LogP) is 1.22. The molecule has 0 rings (SSSR count). The molecule has 0 aliphatic rings. The van der Waals surface area contributed by atoms with E-state index in [-0.39, 0.29) is 11.1 Å². The molecule has 0 radical (unpaired) electrons. The monoisotopic (exact) mass is 201 g/mol. The molecule has 0 saturated carbocycles. The van der Waals surface area contributed by atoms with Crippen molar-refractivity contribution in [3.8, 4) is 0 Å². The predicted molar refractivity (Wildman–Crippen MR) is 63.3 cm³/mol. The zero-order valence-corrected chi connectivity index (χ0v) is 10.2. The third kappa shape index (κ3) is 6.35. The molecule has 5 N–H and O–H groups in total. The summed E-state index contributed by atoms with van der Waals surface area (Å²) in [4.78, 5) is 0. The normalized spacial score (nSPS) is 16.7. The van der Waals surface area contributed by atoms with Crippen LogP contribution >= 0.6 is 0 Å². The van der Waals surface area contributed by atoms with Crippen molar-refractivity contribution >= 4 is 0 Å². The van der Waals surface area contributed by atoms with Crippen molar-refractivity contribution in [2.45, 2.75) is 58.0 Å². The van der Waals surface area contributed by atoms with Gasteiger partial charge in [0.25, 0.3) is 0 Å². The molecule has 3 heteroatoms. The summed E-state index contributed by atoms with van der Waals surface area (Å²) in [5, 5.41) is 3.49. The Balaban J connectivity index is 3.73. The van der Waals surface area contributed by atoms with Crippen LogP contribution in [-0.2, 0) is 0 Å². The Morgan fingerprint density at radius 2 is 1.71 bits per heavy atom. The van der Waals surface area contributed by atoms with Crippen LogP contribution in [0.5, 0.6) is 0 Å². The van der Waals surface area contributed by atoms with Crippen molar-refractivity contribution < 1.29 is 0 Å². The first-order valence-electron chi connectivity index (χ1n) is 5.57. The molecule has 0 aliphatic heterocycles. The van der Waals surface area contributed by atoms with Gasteiger partial charge in [-0.15, -0.1) is 0 Å². The van der Waals surface area contributed by atoms with Crippen LogP contribution in [0.15, 0.2) is 0 Å². The molecular weight excluding hydrogens is 174 g/mol. The zero-order valence-electron chi connectivity index (χ0n) is 10.2. The number of hydrogen-bond acceptors (Lipinski definition) is 3. The number of nitrogens with one attached hydrogen (secondary N) is 1. The lowest BCUT2D eigenvalue weighted by Gasteiger charge is -2.29. The van der Waals surface area contributed by atoms with E-state index in [0.717, 1.165) is 32.4 Å². The smallest absolute Gasteiger partial charge is 0.0137 e. The maximum absolute atomic E-state index is 6.05. The number of rotatable bonds is 7. The molecule has 0 spiro atoms. The average Bonchev–Trinajstić information content (AvgIpc) is 2.03. The maximum atomic E-state index is 6.05. The maximum Gasteiger partial charge on any atom is 0.0137 e. The molecule has 0 aromatic heterocycles. The third-order valence-corrected chi connectivity index (χ3v) is 2.88. The van der Waals surface area contributed by atoms with Gasteiger partial charge in [-0.05, 0) is 53.1 Å². The van der Waals surface area contributed by atoms with Gasteiger partial charge in [0.2, 0.25) is 0 Å². The zero-order chi connectivity index (χ0) is 11.2. The topological polar surface area (TPSA) is 64.1 Å². The summed E-state index contributed by atoms with van der Waals surface area (Å²) < 4.78 is 0. The summed E-state index contributed by atoms with van der Waals surface area (Å²) >= 11 is 0. The second-order valence-corrected chi connectivity index (χ2v) is 5.11. The van der Waals surface area contributed by atoms with Crippen LogP contribution in [0.1, 0.15) is 47.0 Å². The molecule has 1 unspecified atom stereocenters. The molecule has 0 fully saturated rings. The Kier molecular flexibility index (Phi) is 5.64. The Bertz CT molecular complexity index is 153. The van der Waals surface area contributed by atoms with Gasteiger partial charge in [0, 0.05) is 11.1 Å². The largest absolute Gasteiger partial charge is 0.330 e. The minimum Gasteiger partial charge on any atom is -0.330 e. The van der Waals surface area contributed by atoms with Crippen LogP contribution in [-0.4, -0.2) is 24.2 Å². The molecule has 0 bridgehead atoms. The van der Waals surface area contributed by atoms with E-state index in [0.29, 0.717) is 0 Å². The summed E-state index contributed by atoms with van der Waals surface area (Å²) in [6.07, 6.45) is 3.03. The van der Waals surface area contributed by atoms with Crippen LogP contribution in [0.2, 0.25) is 0 Å². The number of nitrogens with two attached hydrogens (primary N) is 2. The van der Waals surface area contributed by atoms with Gasteiger partial charge in [0.05, 0.1) is 0 Å². The first-order chi connectivity index (χ1) is 6.33. The molecule has 0 aliphatic carbocycles. The van der Waals surface area contributed by atoms with Gasteiger partial charge < -0.3 is 16.8 Å². The fourth-order valence-corrected chi connectivity index (χ4v) is 1.31. The molecule has 3 nitrogen and oxygen atoms in total. The molecule has 14 heavy (non-hydrogen) atoms. The summed E-state index contributed by atoms with van der Waals surface area (Å²) in [7, 11) is 0. The van der Waals surface area contributed by atoms with Crippen molar-refractivity contribution in [3.63, 3.8) is 0 Å². The summed E-state index contributed by atoms with van der Waals surface area (Å²) in [6, 6.07) is 0. The van der Waals surface area contributed by atoms with Crippen molar-refractivity contribution in [2.24, 2.45) is 11.5 Å². The van der Waals surface area contributed by atoms with Crippen molar-refractivity contribution in [1.29, 1.82) is 0 Å². The van der Waals surface area contributed by atoms with E-state index < -0.39 is 0 Å². The number of hydrogen-bond donors (Lipinski definition) is 3. The SMILES string of the molecule is CCC(C)(N)CCNC(C)(C)CCN. The van der Waals surface area contributed by atoms with Crippen LogP contribution in [0.25, 0.3) is 0 Å².